The van der Waals surface area contributed by atoms with Gasteiger partial charge >= 0.3 is 0 Å². The van der Waals surface area contributed by atoms with E-state index < -0.39 is 0 Å². The molecule has 0 saturated heterocycles. The molecule has 2 aromatic rings. The minimum atomic E-state index is -0.175. The summed E-state index contributed by atoms with van der Waals surface area (Å²) < 4.78 is 12.9. The summed E-state index contributed by atoms with van der Waals surface area (Å²) in [7, 11) is 0. The van der Waals surface area contributed by atoms with E-state index in [9.17, 15) is 4.39 Å². The van der Waals surface area contributed by atoms with Crippen LogP contribution in [-0.2, 0) is 13.1 Å². The molecule has 0 radical (unpaired) electrons. The van der Waals surface area contributed by atoms with Crippen LogP contribution in [0, 0.1) is 12.7 Å². The van der Waals surface area contributed by atoms with Crippen molar-refractivity contribution >= 4 is 11.3 Å². The third-order valence-electron chi connectivity index (χ3n) is 2.31. The van der Waals surface area contributed by atoms with Gasteiger partial charge in [-0.3, -0.25) is 0 Å². The number of thiophene rings is 1. The molecule has 1 heterocycles. The lowest BCUT2D eigenvalue weighted by atomic mass is 10.2. The first-order valence-corrected chi connectivity index (χ1v) is 6.06. The molecule has 0 saturated carbocycles. The first-order chi connectivity index (χ1) is 7.74. The number of aryl methyl sites for hydroxylation is 1. The quantitative estimate of drug-likeness (QED) is 0.855. The minimum Gasteiger partial charge on any atom is -0.308 e. The van der Waals surface area contributed by atoms with E-state index in [1.807, 2.05) is 6.07 Å². The highest BCUT2D eigenvalue weighted by Gasteiger charge is 1.97. The summed E-state index contributed by atoms with van der Waals surface area (Å²) in [4.78, 5) is 2.64. The summed E-state index contributed by atoms with van der Waals surface area (Å²) >= 11 is 1.79. The zero-order chi connectivity index (χ0) is 11.4. The number of hydrogen-bond donors (Lipinski definition) is 1. The van der Waals surface area contributed by atoms with E-state index in [4.69, 9.17) is 0 Å². The van der Waals surface area contributed by atoms with Crippen LogP contribution in [0.2, 0.25) is 0 Å². The van der Waals surface area contributed by atoms with Crippen LogP contribution in [0.25, 0.3) is 0 Å². The van der Waals surface area contributed by atoms with Crippen molar-refractivity contribution in [1.82, 2.24) is 5.32 Å². The standard InChI is InChI=1S/C13H14FNS/c1-10-5-6-13(16-10)9-15-8-11-3-2-4-12(14)7-11/h2-7,15H,8-9H2,1H3. The topological polar surface area (TPSA) is 12.0 Å². The third-order valence-corrected chi connectivity index (χ3v) is 3.31. The lowest BCUT2D eigenvalue weighted by Gasteiger charge is -2.03. The highest BCUT2D eigenvalue weighted by Crippen LogP contribution is 2.14. The summed E-state index contributed by atoms with van der Waals surface area (Å²) in [5.41, 5.74) is 0.980. The molecule has 0 unspecified atom stereocenters. The Balaban J connectivity index is 1.84. The number of halogens is 1. The van der Waals surface area contributed by atoms with Gasteiger partial charge in [-0.25, -0.2) is 4.39 Å². The molecule has 0 aliphatic heterocycles. The van der Waals surface area contributed by atoms with Gasteiger partial charge in [0, 0.05) is 22.8 Å². The Labute approximate surface area is 98.9 Å². The predicted molar refractivity (Wildman–Crippen MR) is 66.0 cm³/mol. The summed E-state index contributed by atoms with van der Waals surface area (Å²) in [6.45, 7) is 3.64. The van der Waals surface area contributed by atoms with Gasteiger partial charge in [0.1, 0.15) is 5.82 Å². The van der Waals surface area contributed by atoms with E-state index >= 15 is 0 Å². The van der Waals surface area contributed by atoms with E-state index in [-0.39, 0.29) is 5.82 Å². The lowest BCUT2D eigenvalue weighted by molar-refractivity contribution is 0.620. The molecule has 0 aliphatic carbocycles. The molecule has 84 valence electrons. The van der Waals surface area contributed by atoms with Crippen LogP contribution in [-0.4, -0.2) is 0 Å². The maximum absolute atomic E-state index is 12.9. The molecule has 0 aliphatic rings. The number of nitrogens with one attached hydrogen (secondary N) is 1. The minimum absolute atomic E-state index is 0.175. The van der Waals surface area contributed by atoms with Crippen LogP contribution < -0.4 is 5.32 Å². The molecule has 1 N–H and O–H groups in total. The number of rotatable bonds is 4. The van der Waals surface area contributed by atoms with Gasteiger partial charge in [0.05, 0.1) is 0 Å². The molecule has 1 aromatic carbocycles. The van der Waals surface area contributed by atoms with Gasteiger partial charge in [-0.05, 0) is 36.8 Å². The van der Waals surface area contributed by atoms with Gasteiger partial charge in [-0.15, -0.1) is 11.3 Å². The predicted octanol–water partition coefficient (Wildman–Crippen LogP) is 3.49. The molecule has 0 spiro atoms. The lowest BCUT2D eigenvalue weighted by Crippen LogP contribution is -2.11. The Morgan fingerprint density at radius 1 is 1.19 bits per heavy atom. The fraction of sp³-hybridized carbons (Fsp3) is 0.231. The molecule has 16 heavy (non-hydrogen) atoms. The Hall–Kier alpha value is -1.19. The fourth-order valence-electron chi connectivity index (χ4n) is 1.56. The van der Waals surface area contributed by atoms with Crippen LogP contribution in [0.4, 0.5) is 4.39 Å². The van der Waals surface area contributed by atoms with Crippen LogP contribution >= 0.6 is 11.3 Å². The Morgan fingerprint density at radius 2 is 2.06 bits per heavy atom. The summed E-state index contributed by atoms with van der Waals surface area (Å²) in [6.07, 6.45) is 0. The van der Waals surface area contributed by atoms with E-state index in [1.54, 1.807) is 23.5 Å². The number of hydrogen-bond acceptors (Lipinski definition) is 2. The summed E-state index contributed by atoms with van der Waals surface area (Å²) in [5.74, 6) is -0.175. The molecule has 0 bridgehead atoms. The van der Waals surface area contributed by atoms with Crippen molar-refractivity contribution in [2.45, 2.75) is 20.0 Å². The molecule has 0 fully saturated rings. The molecule has 0 atom stereocenters. The van der Waals surface area contributed by atoms with E-state index in [0.29, 0.717) is 6.54 Å². The maximum Gasteiger partial charge on any atom is 0.123 e. The zero-order valence-electron chi connectivity index (χ0n) is 9.16. The zero-order valence-corrected chi connectivity index (χ0v) is 9.98. The molecule has 1 aromatic heterocycles. The van der Waals surface area contributed by atoms with Gasteiger partial charge in [-0.1, -0.05) is 12.1 Å². The van der Waals surface area contributed by atoms with Crippen LogP contribution in [0.5, 0.6) is 0 Å². The first kappa shape index (κ1) is 11.3. The highest BCUT2D eigenvalue weighted by atomic mass is 32.1. The molecular formula is C13H14FNS. The van der Waals surface area contributed by atoms with Crippen molar-refractivity contribution < 1.29 is 4.39 Å². The van der Waals surface area contributed by atoms with Crippen molar-refractivity contribution in [2.75, 3.05) is 0 Å². The molecule has 2 rings (SSSR count). The van der Waals surface area contributed by atoms with Crippen LogP contribution in [0.3, 0.4) is 0 Å². The monoisotopic (exact) mass is 235 g/mol. The normalized spacial score (nSPS) is 10.6. The van der Waals surface area contributed by atoms with Crippen molar-refractivity contribution in [3.63, 3.8) is 0 Å². The van der Waals surface area contributed by atoms with Crippen LogP contribution in [0.1, 0.15) is 15.3 Å². The van der Waals surface area contributed by atoms with Crippen molar-refractivity contribution in [1.29, 1.82) is 0 Å². The Bertz CT molecular complexity index is 464. The molecular weight excluding hydrogens is 221 g/mol. The van der Waals surface area contributed by atoms with Gasteiger partial charge in [-0.2, -0.15) is 0 Å². The Morgan fingerprint density at radius 3 is 2.75 bits per heavy atom. The second-order valence-electron chi connectivity index (χ2n) is 3.75. The fourth-order valence-corrected chi connectivity index (χ4v) is 2.42. The van der Waals surface area contributed by atoms with Gasteiger partial charge in [0.15, 0.2) is 0 Å². The summed E-state index contributed by atoms with van der Waals surface area (Å²) in [6, 6.07) is 10.9. The van der Waals surface area contributed by atoms with Gasteiger partial charge in [0.2, 0.25) is 0 Å². The second kappa shape index (κ2) is 5.23. The third kappa shape index (κ3) is 3.15. The van der Waals surface area contributed by atoms with E-state index in [0.717, 1.165) is 12.1 Å². The summed E-state index contributed by atoms with van der Waals surface area (Å²) in [5, 5.41) is 3.30. The molecule has 3 heteroatoms. The smallest absolute Gasteiger partial charge is 0.123 e. The van der Waals surface area contributed by atoms with Gasteiger partial charge < -0.3 is 5.32 Å². The van der Waals surface area contributed by atoms with E-state index in [1.165, 1.54) is 15.8 Å². The van der Waals surface area contributed by atoms with Crippen molar-refractivity contribution in [3.8, 4) is 0 Å². The Kier molecular flexibility index (Phi) is 3.70. The second-order valence-corrected chi connectivity index (χ2v) is 5.12. The SMILES string of the molecule is Cc1ccc(CNCc2cccc(F)c2)s1. The maximum atomic E-state index is 12.9. The first-order valence-electron chi connectivity index (χ1n) is 5.24. The molecule has 1 nitrogen and oxygen atoms in total. The highest BCUT2D eigenvalue weighted by molar-refractivity contribution is 7.11. The van der Waals surface area contributed by atoms with Crippen LogP contribution in [0.15, 0.2) is 36.4 Å². The van der Waals surface area contributed by atoms with Crippen molar-refractivity contribution in [2.24, 2.45) is 0 Å². The van der Waals surface area contributed by atoms with Gasteiger partial charge in [0.25, 0.3) is 0 Å². The average molecular weight is 235 g/mol. The van der Waals surface area contributed by atoms with Crippen molar-refractivity contribution in [3.05, 3.63) is 57.5 Å². The molecule has 0 amide bonds. The van der Waals surface area contributed by atoms with E-state index in [2.05, 4.69) is 24.4 Å². The average Bonchev–Trinajstić information content (AvgIpc) is 2.64. The largest absolute Gasteiger partial charge is 0.308 e. The number of benzene rings is 1.